The van der Waals surface area contributed by atoms with Gasteiger partial charge < -0.3 is 15.2 Å². The number of carbonyl (C=O) groups excluding carboxylic acids is 1. The highest BCUT2D eigenvalue weighted by Gasteiger charge is 2.66. The lowest BCUT2D eigenvalue weighted by Crippen LogP contribution is -2.76. The minimum atomic E-state index is -1.24. The van der Waals surface area contributed by atoms with Gasteiger partial charge in [0.2, 0.25) is 5.91 Å². The van der Waals surface area contributed by atoms with E-state index in [1.54, 1.807) is 0 Å². The molecule has 1 aliphatic rings. The van der Waals surface area contributed by atoms with Gasteiger partial charge in [-0.15, -0.1) is 0 Å². The van der Waals surface area contributed by atoms with Crippen LogP contribution in [0.15, 0.2) is 30.3 Å². The second-order valence-electron chi connectivity index (χ2n) is 6.97. The summed E-state index contributed by atoms with van der Waals surface area (Å²) in [6.45, 7) is 6.11. The molecule has 1 aliphatic carbocycles. The van der Waals surface area contributed by atoms with Crippen LogP contribution in [0.5, 0.6) is 0 Å². The van der Waals surface area contributed by atoms with Crippen molar-refractivity contribution in [2.24, 2.45) is 5.41 Å². The molecule has 0 spiro atoms. The highest BCUT2D eigenvalue weighted by atomic mass is 16.5. The van der Waals surface area contributed by atoms with E-state index in [1.807, 2.05) is 51.1 Å². The van der Waals surface area contributed by atoms with Crippen LogP contribution in [0.2, 0.25) is 0 Å². The van der Waals surface area contributed by atoms with Gasteiger partial charge in [0, 0.05) is 24.9 Å². The molecular weight excluding hydrogens is 306 g/mol. The maximum Gasteiger partial charge on any atom is 0.330 e. The SMILES string of the molecule is CCOC1CC(NC(=O)CCCc2ccccc2)(C(=O)O)C1(C)C. The minimum absolute atomic E-state index is 0.150. The molecule has 0 aliphatic heterocycles. The van der Waals surface area contributed by atoms with Crippen LogP contribution in [0.3, 0.4) is 0 Å². The first kappa shape index (κ1) is 18.5. The Hall–Kier alpha value is -1.88. The number of ether oxygens (including phenoxy) is 1. The molecule has 1 fully saturated rings. The molecule has 0 radical (unpaired) electrons. The summed E-state index contributed by atoms with van der Waals surface area (Å²) in [4.78, 5) is 24.1. The van der Waals surface area contributed by atoms with Crippen molar-refractivity contribution in [1.82, 2.24) is 5.32 Å². The number of carboxylic acids is 1. The summed E-state index contributed by atoms with van der Waals surface area (Å²) in [6, 6.07) is 9.95. The van der Waals surface area contributed by atoms with E-state index in [4.69, 9.17) is 4.74 Å². The first-order valence-electron chi connectivity index (χ1n) is 8.53. The van der Waals surface area contributed by atoms with E-state index in [2.05, 4.69) is 5.32 Å². The topological polar surface area (TPSA) is 75.6 Å². The molecule has 1 saturated carbocycles. The fourth-order valence-electron chi connectivity index (χ4n) is 3.44. The van der Waals surface area contributed by atoms with Crippen LogP contribution < -0.4 is 5.32 Å². The summed E-state index contributed by atoms with van der Waals surface area (Å²) in [5.74, 6) is -1.20. The summed E-state index contributed by atoms with van der Waals surface area (Å²) in [5.41, 5.74) is -0.695. The lowest BCUT2D eigenvalue weighted by Gasteiger charge is -2.58. The molecule has 0 aromatic heterocycles. The molecule has 2 rings (SSSR count). The largest absolute Gasteiger partial charge is 0.479 e. The van der Waals surface area contributed by atoms with Gasteiger partial charge in [0.25, 0.3) is 0 Å². The Morgan fingerprint density at radius 1 is 1.29 bits per heavy atom. The standard InChI is InChI=1S/C19H27NO4/c1-4-24-15-13-19(17(22)23,18(15,2)3)20-16(21)12-8-11-14-9-6-5-7-10-14/h5-7,9-10,15H,4,8,11-13H2,1-3H3,(H,20,21)(H,22,23). The summed E-state index contributed by atoms with van der Waals surface area (Å²) in [7, 11) is 0. The maximum absolute atomic E-state index is 12.3. The number of carbonyl (C=O) groups is 2. The molecule has 2 N–H and O–H groups in total. The normalized spacial score (nSPS) is 24.9. The Morgan fingerprint density at radius 3 is 2.50 bits per heavy atom. The molecule has 1 aromatic rings. The number of rotatable bonds is 8. The van der Waals surface area contributed by atoms with Crippen LogP contribution in [0.4, 0.5) is 0 Å². The second-order valence-corrected chi connectivity index (χ2v) is 6.97. The van der Waals surface area contributed by atoms with Crippen molar-refractivity contribution in [3.05, 3.63) is 35.9 Å². The summed E-state index contributed by atoms with van der Waals surface area (Å²) < 4.78 is 5.60. The smallest absolute Gasteiger partial charge is 0.330 e. The van der Waals surface area contributed by atoms with Crippen LogP contribution in [-0.4, -0.2) is 35.2 Å². The van der Waals surface area contributed by atoms with Crippen molar-refractivity contribution in [1.29, 1.82) is 0 Å². The van der Waals surface area contributed by atoms with E-state index in [-0.39, 0.29) is 12.0 Å². The van der Waals surface area contributed by atoms with Crippen molar-refractivity contribution < 1.29 is 19.4 Å². The Labute approximate surface area is 143 Å². The highest BCUT2D eigenvalue weighted by Crippen LogP contribution is 2.51. The molecule has 132 valence electrons. The number of aliphatic carboxylic acids is 1. The van der Waals surface area contributed by atoms with E-state index < -0.39 is 16.9 Å². The first-order chi connectivity index (χ1) is 11.3. The van der Waals surface area contributed by atoms with Gasteiger partial charge in [-0.1, -0.05) is 44.2 Å². The zero-order chi connectivity index (χ0) is 17.8. The first-order valence-corrected chi connectivity index (χ1v) is 8.53. The Balaban J connectivity index is 1.92. The predicted molar refractivity (Wildman–Crippen MR) is 91.7 cm³/mol. The predicted octanol–water partition coefficient (Wildman–Crippen LogP) is 2.78. The second kappa shape index (κ2) is 7.34. The van der Waals surface area contributed by atoms with Crippen LogP contribution in [0, 0.1) is 5.41 Å². The van der Waals surface area contributed by atoms with Crippen molar-refractivity contribution in [2.75, 3.05) is 6.61 Å². The maximum atomic E-state index is 12.3. The zero-order valence-electron chi connectivity index (χ0n) is 14.7. The van der Waals surface area contributed by atoms with Crippen molar-refractivity contribution in [2.45, 2.75) is 58.1 Å². The van der Waals surface area contributed by atoms with Gasteiger partial charge in [-0.3, -0.25) is 4.79 Å². The van der Waals surface area contributed by atoms with Crippen LogP contribution in [0.25, 0.3) is 0 Å². The van der Waals surface area contributed by atoms with Crippen molar-refractivity contribution >= 4 is 11.9 Å². The van der Waals surface area contributed by atoms with Gasteiger partial charge in [0.1, 0.15) is 5.54 Å². The number of benzene rings is 1. The van der Waals surface area contributed by atoms with E-state index in [0.29, 0.717) is 25.9 Å². The molecule has 24 heavy (non-hydrogen) atoms. The van der Waals surface area contributed by atoms with Crippen molar-refractivity contribution in [3.8, 4) is 0 Å². The molecule has 0 saturated heterocycles. The van der Waals surface area contributed by atoms with Crippen LogP contribution in [-0.2, 0) is 20.7 Å². The van der Waals surface area contributed by atoms with Gasteiger partial charge in [-0.2, -0.15) is 0 Å². The molecular formula is C19H27NO4. The van der Waals surface area contributed by atoms with Gasteiger partial charge in [-0.05, 0) is 25.3 Å². The third-order valence-corrected chi connectivity index (χ3v) is 5.19. The van der Waals surface area contributed by atoms with Crippen molar-refractivity contribution in [3.63, 3.8) is 0 Å². The molecule has 0 heterocycles. The monoisotopic (exact) mass is 333 g/mol. The van der Waals surface area contributed by atoms with E-state index in [9.17, 15) is 14.7 Å². The number of amides is 1. The number of hydrogen-bond acceptors (Lipinski definition) is 3. The molecule has 5 nitrogen and oxygen atoms in total. The Kier molecular flexibility index (Phi) is 5.65. The van der Waals surface area contributed by atoms with E-state index >= 15 is 0 Å². The van der Waals surface area contributed by atoms with Gasteiger partial charge in [0.15, 0.2) is 0 Å². The molecule has 1 aromatic carbocycles. The van der Waals surface area contributed by atoms with E-state index in [1.165, 1.54) is 5.56 Å². The average Bonchev–Trinajstić information content (AvgIpc) is 2.54. The fourth-order valence-corrected chi connectivity index (χ4v) is 3.44. The number of aryl methyl sites for hydroxylation is 1. The lowest BCUT2D eigenvalue weighted by molar-refractivity contribution is -0.194. The molecule has 1 amide bonds. The third kappa shape index (κ3) is 3.46. The molecule has 5 heteroatoms. The number of carboxylic acid groups (broad SMARTS) is 1. The average molecular weight is 333 g/mol. The minimum Gasteiger partial charge on any atom is -0.479 e. The summed E-state index contributed by atoms with van der Waals surface area (Å²) in [5, 5.41) is 12.5. The molecule has 2 unspecified atom stereocenters. The third-order valence-electron chi connectivity index (χ3n) is 5.19. The Bertz CT molecular complexity index is 584. The fraction of sp³-hybridized carbons (Fsp3) is 0.579. The quantitative estimate of drug-likeness (QED) is 0.767. The van der Waals surface area contributed by atoms with E-state index in [0.717, 1.165) is 6.42 Å². The highest BCUT2D eigenvalue weighted by molar-refractivity contribution is 5.89. The zero-order valence-corrected chi connectivity index (χ0v) is 14.7. The summed E-state index contributed by atoms with van der Waals surface area (Å²) in [6.07, 6.45) is 1.98. The molecule has 0 bridgehead atoms. The molecule has 2 atom stereocenters. The van der Waals surface area contributed by atoms with Gasteiger partial charge in [-0.25, -0.2) is 4.79 Å². The summed E-state index contributed by atoms with van der Waals surface area (Å²) >= 11 is 0. The van der Waals surface area contributed by atoms with Crippen LogP contribution in [0.1, 0.15) is 45.6 Å². The van der Waals surface area contributed by atoms with Gasteiger partial charge >= 0.3 is 5.97 Å². The number of hydrogen-bond donors (Lipinski definition) is 2. The number of nitrogens with one attached hydrogen (secondary N) is 1. The van der Waals surface area contributed by atoms with Crippen LogP contribution >= 0.6 is 0 Å². The Morgan fingerprint density at radius 2 is 1.96 bits per heavy atom. The lowest BCUT2D eigenvalue weighted by atomic mass is 9.54. The van der Waals surface area contributed by atoms with Gasteiger partial charge in [0.05, 0.1) is 6.10 Å².